The van der Waals surface area contributed by atoms with Gasteiger partial charge in [-0.2, -0.15) is 15.0 Å². The molecule has 3 N–H and O–H groups in total. The summed E-state index contributed by atoms with van der Waals surface area (Å²) in [6.07, 6.45) is 3.78. The number of sulfonamides is 1. The summed E-state index contributed by atoms with van der Waals surface area (Å²) in [6.45, 7) is 4.35. The van der Waals surface area contributed by atoms with Crippen LogP contribution < -0.4 is 20.3 Å². The molecule has 1 aliphatic heterocycles. The summed E-state index contributed by atoms with van der Waals surface area (Å²) in [6, 6.07) is 20.9. The minimum absolute atomic E-state index is 0.0889. The van der Waals surface area contributed by atoms with Gasteiger partial charge in [0.05, 0.1) is 22.0 Å². The zero-order valence-corrected chi connectivity index (χ0v) is 27.5. The lowest BCUT2D eigenvalue weighted by Gasteiger charge is -2.25. The van der Waals surface area contributed by atoms with E-state index in [1.54, 1.807) is 34.8 Å². The van der Waals surface area contributed by atoms with Crippen LogP contribution >= 0.6 is 22.7 Å². The molecule has 1 saturated heterocycles. The summed E-state index contributed by atoms with van der Waals surface area (Å²) >= 11 is 3.29. The minimum Gasteiger partial charge on any atom is -0.354 e. The number of hydrogen-bond acceptors (Lipinski definition) is 11. The van der Waals surface area contributed by atoms with Gasteiger partial charge >= 0.3 is 0 Å². The summed E-state index contributed by atoms with van der Waals surface area (Å²) in [5.74, 6) is 1.48. The van der Waals surface area contributed by atoms with E-state index in [0.717, 1.165) is 65.5 Å². The Balaban J connectivity index is 1.14. The standard InChI is InChI=1S/C32H36N8O2S3/c1-2-3-17-33-30-37-31(34-20-25-22-44-29(36-25)28-12-8-19-43-28)39-32(38-30)40-18-7-11-26(40)21-35-45(41,42)27-15-13-24(14-16-27)23-9-5-4-6-10-23/h4-6,8-10,12-16,19,22,26,35H,2-3,7,11,17-18,20-21H2,1H3,(H2,33,34,37,38,39)/t26-/m1/s1. The second-order valence-corrected chi connectivity index (χ2v) is 14.3. The zero-order chi connectivity index (χ0) is 31.1. The molecule has 1 atom stereocenters. The molecule has 13 heteroatoms. The molecule has 2 aromatic carbocycles. The lowest BCUT2D eigenvalue weighted by molar-refractivity contribution is 0.565. The first kappa shape index (κ1) is 31.1. The van der Waals surface area contributed by atoms with Crippen molar-refractivity contribution in [1.29, 1.82) is 0 Å². The highest BCUT2D eigenvalue weighted by atomic mass is 32.2. The van der Waals surface area contributed by atoms with Crippen LogP contribution in [0.15, 0.2) is 82.4 Å². The van der Waals surface area contributed by atoms with Crippen LogP contribution in [0.2, 0.25) is 0 Å². The maximum absolute atomic E-state index is 13.2. The monoisotopic (exact) mass is 660 g/mol. The Morgan fingerprint density at radius 1 is 0.889 bits per heavy atom. The molecule has 0 spiro atoms. The lowest BCUT2D eigenvalue weighted by atomic mass is 10.1. The van der Waals surface area contributed by atoms with Crippen molar-refractivity contribution in [1.82, 2.24) is 24.7 Å². The van der Waals surface area contributed by atoms with E-state index in [1.165, 1.54) is 0 Å². The molecule has 0 aliphatic carbocycles. The Labute approximate surface area is 272 Å². The van der Waals surface area contributed by atoms with E-state index in [9.17, 15) is 8.42 Å². The van der Waals surface area contributed by atoms with Gasteiger partial charge in [0.1, 0.15) is 5.01 Å². The number of thiazole rings is 1. The minimum atomic E-state index is -3.70. The summed E-state index contributed by atoms with van der Waals surface area (Å²) in [5, 5.41) is 11.7. The quantitative estimate of drug-likeness (QED) is 0.115. The van der Waals surface area contributed by atoms with E-state index < -0.39 is 10.0 Å². The maximum Gasteiger partial charge on any atom is 0.240 e. The molecule has 6 rings (SSSR count). The Morgan fingerprint density at radius 2 is 1.67 bits per heavy atom. The van der Waals surface area contributed by atoms with Crippen LogP contribution in [-0.2, 0) is 16.6 Å². The van der Waals surface area contributed by atoms with Crippen molar-refractivity contribution in [3.8, 4) is 21.0 Å². The molecule has 0 bridgehead atoms. The van der Waals surface area contributed by atoms with E-state index in [4.69, 9.17) is 15.0 Å². The summed E-state index contributed by atoms with van der Waals surface area (Å²) in [5.41, 5.74) is 2.92. The van der Waals surface area contributed by atoms with E-state index in [0.29, 0.717) is 24.4 Å². The summed E-state index contributed by atoms with van der Waals surface area (Å²) in [7, 11) is -3.70. The first-order valence-electron chi connectivity index (χ1n) is 15.1. The average molecular weight is 661 g/mol. The number of nitrogens with one attached hydrogen (secondary N) is 3. The Hall–Kier alpha value is -3.91. The van der Waals surface area contributed by atoms with Crippen LogP contribution in [0.4, 0.5) is 17.8 Å². The predicted molar refractivity (Wildman–Crippen MR) is 183 cm³/mol. The highest BCUT2D eigenvalue weighted by Crippen LogP contribution is 2.29. The summed E-state index contributed by atoms with van der Waals surface area (Å²) < 4.78 is 29.3. The van der Waals surface area contributed by atoms with E-state index in [1.807, 2.05) is 59.3 Å². The predicted octanol–water partition coefficient (Wildman–Crippen LogP) is 6.50. The smallest absolute Gasteiger partial charge is 0.240 e. The first-order chi connectivity index (χ1) is 22.0. The van der Waals surface area contributed by atoms with Crippen LogP contribution in [-0.4, -0.2) is 54.0 Å². The van der Waals surface area contributed by atoms with Crippen molar-refractivity contribution in [3.05, 3.63) is 83.2 Å². The van der Waals surface area contributed by atoms with Crippen LogP contribution in [0.3, 0.4) is 0 Å². The van der Waals surface area contributed by atoms with Gasteiger partial charge in [-0.1, -0.05) is 61.9 Å². The first-order valence-corrected chi connectivity index (χ1v) is 18.4. The normalized spacial score (nSPS) is 15.0. The van der Waals surface area contributed by atoms with Gasteiger partial charge in [0.25, 0.3) is 0 Å². The van der Waals surface area contributed by atoms with Gasteiger partial charge in [-0.15, -0.1) is 22.7 Å². The van der Waals surface area contributed by atoms with Crippen LogP contribution in [0.25, 0.3) is 21.0 Å². The summed E-state index contributed by atoms with van der Waals surface area (Å²) in [4.78, 5) is 22.3. The second-order valence-electron chi connectivity index (χ2n) is 10.8. The number of benzene rings is 2. The van der Waals surface area contributed by atoms with Crippen molar-refractivity contribution in [2.24, 2.45) is 0 Å². The third kappa shape index (κ3) is 7.85. The fourth-order valence-electron chi connectivity index (χ4n) is 5.16. The zero-order valence-electron chi connectivity index (χ0n) is 25.0. The molecule has 1 fully saturated rings. The number of hydrogen-bond donors (Lipinski definition) is 3. The van der Waals surface area contributed by atoms with Gasteiger partial charge in [-0.25, -0.2) is 18.1 Å². The Bertz CT molecular complexity index is 1780. The largest absolute Gasteiger partial charge is 0.354 e. The molecule has 5 aromatic rings. The molecule has 10 nitrogen and oxygen atoms in total. The fraction of sp³-hybridized carbons (Fsp3) is 0.312. The molecule has 1 aliphatic rings. The molecule has 45 heavy (non-hydrogen) atoms. The van der Waals surface area contributed by atoms with Gasteiger partial charge in [-0.05, 0) is 54.0 Å². The molecule has 234 valence electrons. The number of anilines is 3. The van der Waals surface area contributed by atoms with Crippen molar-refractivity contribution < 1.29 is 8.42 Å². The van der Waals surface area contributed by atoms with Crippen LogP contribution in [0, 0.1) is 0 Å². The number of thiophene rings is 1. The SMILES string of the molecule is CCCCNc1nc(NCc2csc(-c3cccs3)n2)nc(N2CCC[C@@H]2CNS(=O)(=O)c2ccc(-c3ccccc3)cc2)n1. The highest BCUT2D eigenvalue weighted by molar-refractivity contribution is 7.89. The van der Waals surface area contributed by atoms with Crippen molar-refractivity contribution in [2.45, 2.75) is 50.1 Å². The molecule has 0 unspecified atom stereocenters. The molecule has 0 radical (unpaired) electrons. The second kappa shape index (κ2) is 14.5. The third-order valence-electron chi connectivity index (χ3n) is 7.56. The lowest BCUT2D eigenvalue weighted by Crippen LogP contribution is -2.41. The van der Waals surface area contributed by atoms with Crippen LogP contribution in [0.5, 0.6) is 0 Å². The van der Waals surface area contributed by atoms with Crippen molar-refractivity contribution in [3.63, 3.8) is 0 Å². The van der Waals surface area contributed by atoms with E-state index in [-0.39, 0.29) is 17.5 Å². The van der Waals surface area contributed by atoms with Crippen molar-refractivity contribution in [2.75, 3.05) is 35.2 Å². The van der Waals surface area contributed by atoms with Gasteiger partial charge in [0, 0.05) is 31.1 Å². The highest BCUT2D eigenvalue weighted by Gasteiger charge is 2.29. The van der Waals surface area contributed by atoms with Gasteiger partial charge in [-0.3, -0.25) is 0 Å². The number of unbranched alkanes of at least 4 members (excludes halogenated alkanes) is 1. The fourth-order valence-corrected chi connectivity index (χ4v) is 7.86. The van der Waals surface area contributed by atoms with E-state index in [2.05, 4.69) is 38.2 Å². The number of rotatable bonds is 14. The van der Waals surface area contributed by atoms with E-state index >= 15 is 0 Å². The van der Waals surface area contributed by atoms with Gasteiger partial charge in [0.15, 0.2) is 0 Å². The molecular formula is C32H36N8O2S3. The molecular weight excluding hydrogens is 625 g/mol. The van der Waals surface area contributed by atoms with Crippen LogP contribution in [0.1, 0.15) is 38.3 Å². The maximum atomic E-state index is 13.2. The Morgan fingerprint density at radius 3 is 2.42 bits per heavy atom. The molecule has 3 aromatic heterocycles. The van der Waals surface area contributed by atoms with Gasteiger partial charge < -0.3 is 15.5 Å². The average Bonchev–Trinajstić information content (AvgIpc) is 3.86. The van der Waals surface area contributed by atoms with Crippen molar-refractivity contribution >= 4 is 50.5 Å². The molecule has 0 amide bonds. The Kier molecular flexibility index (Phi) is 9.99. The molecule has 4 heterocycles. The number of aromatic nitrogens is 4. The van der Waals surface area contributed by atoms with Gasteiger partial charge in [0.2, 0.25) is 27.9 Å². The topological polar surface area (TPSA) is 125 Å². The number of nitrogens with zero attached hydrogens (tertiary/aromatic N) is 5. The third-order valence-corrected chi connectivity index (χ3v) is 10.9. The molecule has 0 saturated carbocycles.